The molecular formula is C18H18N2O4S2. The topological polar surface area (TPSA) is 77.9 Å². The summed E-state index contributed by atoms with van der Waals surface area (Å²) in [5.41, 5.74) is 0.876. The number of hydrogen-bond acceptors (Lipinski definition) is 5. The van der Waals surface area contributed by atoms with Crippen LogP contribution in [-0.2, 0) is 14.4 Å². The fraction of sp³-hybridized carbons (Fsp3) is 0.333. The van der Waals surface area contributed by atoms with E-state index in [1.807, 2.05) is 30.3 Å². The van der Waals surface area contributed by atoms with Gasteiger partial charge >= 0.3 is 5.97 Å². The molecule has 0 spiro atoms. The first-order chi connectivity index (χ1) is 12.5. The van der Waals surface area contributed by atoms with E-state index in [2.05, 4.69) is 0 Å². The van der Waals surface area contributed by atoms with E-state index in [1.165, 1.54) is 9.80 Å². The molecule has 2 saturated heterocycles. The van der Waals surface area contributed by atoms with Crippen molar-refractivity contribution in [2.45, 2.75) is 25.3 Å². The van der Waals surface area contributed by atoms with Gasteiger partial charge in [0.05, 0.1) is 4.91 Å². The third kappa shape index (κ3) is 3.96. The van der Waals surface area contributed by atoms with E-state index in [4.69, 9.17) is 12.2 Å². The summed E-state index contributed by atoms with van der Waals surface area (Å²) < 4.78 is 0.314. The minimum atomic E-state index is -1.01. The molecule has 8 heteroatoms. The first-order valence-corrected chi connectivity index (χ1v) is 9.52. The first kappa shape index (κ1) is 18.6. The number of piperidine rings is 1. The molecule has 0 aliphatic carbocycles. The lowest BCUT2D eigenvalue weighted by Gasteiger charge is -2.33. The summed E-state index contributed by atoms with van der Waals surface area (Å²) in [6.45, 7) is 0.172. The Balaban J connectivity index is 1.72. The molecular weight excluding hydrogens is 372 g/mol. The Morgan fingerprint density at radius 2 is 2.00 bits per heavy atom. The second-order valence-electron chi connectivity index (χ2n) is 6.12. The van der Waals surface area contributed by atoms with Crippen molar-refractivity contribution >= 4 is 52.2 Å². The maximum Gasteiger partial charge on any atom is 0.326 e. The molecule has 2 aliphatic heterocycles. The molecule has 2 heterocycles. The number of hydrogen-bond donors (Lipinski definition) is 1. The molecule has 0 aromatic heterocycles. The summed E-state index contributed by atoms with van der Waals surface area (Å²) in [7, 11) is 0. The van der Waals surface area contributed by atoms with Crippen LogP contribution in [0.4, 0.5) is 0 Å². The van der Waals surface area contributed by atoms with Gasteiger partial charge in [0.15, 0.2) is 0 Å². The molecule has 0 bridgehead atoms. The zero-order valence-corrected chi connectivity index (χ0v) is 15.6. The van der Waals surface area contributed by atoms with Crippen molar-refractivity contribution in [1.82, 2.24) is 9.80 Å². The fourth-order valence-corrected chi connectivity index (χ4v) is 4.30. The number of nitrogens with zero attached hydrogens (tertiary/aromatic N) is 2. The van der Waals surface area contributed by atoms with Crippen molar-refractivity contribution in [3.63, 3.8) is 0 Å². The molecule has 1 N–H and O–H groups in total. The molecule has 1 atom stereocenters. The monoisotopic (exact) mass is 390 g/mol. The first-order valence-electron chi connectivity index (χ1n) is 8.30. The second-order valence-corrected chi connectivity index (χ2v) is 7.79. The maximum atomic E-state index is 12.6. The van der Waals surface area contributed by atoms with E-state index in [9.17, 15) is 19.5 Å². The van der Waals surface area contributed by atoms with Gasteiger partial charge in [0.25, 0.3) is 5.91 Å². The van der Waals surface area contributed by atoms with Crippen molar-refractivity contribution in [1.29, 1.82) is 0 Å². The van der Waals surface area contributed by atoms with E-state index in [0.717, 1.165) is 30.2 Å². The van der Waals surface area contributed by atoms with Crippen molar-refractivity contribution in [2.24, 2.45) is 0 Å². The predicted molar refractivity (Wildman–Crippen MR) is 103 cm³/mol. The number of thioether (sulfide) groups is 1. The number of carbonyl (C=O) groups excluding carboxylic acids is 2. The third-order valence-electron chi connectivity index (χ3n) is 4.37. The quantitative estimate of drug-likeness (QED) is 0.628. The van der Waals surface area contributed by atoms with Crippen LogP contribution in [0.5, 0.6) is 0 Å². The van der Waals surface area contributed by atoms with Gasteiger partial charge in [-0.15, -0.1) is 0 Å². The van der Waals surface area contributed by atoms with Gasteiger partial charge in [-0.05, 0) is 30.9 Å². The van der Waals surface area contributed by atoms with Gasteiger partial charge in [-0.1, -0.05) is 54.3 Å². The number of benzene rings is 1. The van der Waals surface area contributed by atoms with Gasteiger partial charge in [0.2, 0.25) is 5.91 Å². The van der Waals surface area contributed by atoms with Gasteiger partial charge in [0.1, 0.15) is 16.9 Å². The van der Waals surface area contributed by atoms with Crippen LogP contribution in [0.15, 0.2) is 35.2 Å². The Morgan fingerprint density at radius 3 is 2.69 bits per heavy atom. The zero-order valence-electron chi connectivity index (χ0n) is 14.0. The molecule has 1 aromatic carbocycles. The van der Waals surface area contributed by atoms with Crippen molar-refractivity contribution in [2.75, 3.05) is 13.1 Å². The molecule has 2 aliphatic rings. The van der Waals surface area contributed by atoms with Crippen LogP contribution in [0.25, 0.3) is 6.08 Å². The number of thiocarbonyl (C=S) groups is 1. The van der Waals surface area contributed by atoms with Gasteiger partial charge < -0.3 is 10.0 Å². The normalized spacial score (nSPS) is 22.2. The molecule has 1 unspecified atom stereocenters. The highest BCUT2D eigenvalue weighted by Gasteiger charge is 2.37. The average Bonchev–Trinajstić information content (AvgIpc) is 2.90. The number of carbonyl (C=O) groups is 3. The molecule has 0 radical (unpaired) electrons. The number of likely N-dealkylation sites (tertiary alicyclic amines) is 1. The summed E-state index contributed by atoms with van der Waals surface area (Å²) in [6.07, 6.45) is 3.72. The molecule has 6 nitrogen and oxygen atoms in total. The van der Waals surface area contributed by atoms with Crippen LogP contribution < -0.4 is 0 Å². The molecule has 2 fully saturated rings. The van der Waals surface area contributed by atoms with Gasteiger partial charge in [-0.3, -0.25) is 14.5 Å². The van der Waals surface area contributed by atoms with Crippen LogP contribution >= 0.6 is 24.0 Å². The van der Waals surface area contributed by atoms with Crippen molar-refractivity contribution in [3.05, 3.63) is 40.8 Å². The summed E-state index contributed by atoms with van der Waals surface area (Å²) in [4.78, 5) is 39.7. The maximum absolute atomic E-state index is 12.6. The molecule has 3 rings (SSSR count). The molecule has 2 amide bonds. The molecule has 136 valence electrons. The Hall–Kier alpha value is -2.19. The minimum absolute atomic E-state index is 0.222. The Bertz CT molecular complexity index is 779. The van der Waals surface area contributed by atoms with Crippen LogP contribution in [0.1, 0.15) is 24.8 Å². The third-order valence-corrected chi connectivity index (χ3v) is 5.75. The number of aliphatic carboxylic acids is 1. The summed E-state index contributed by atoms with van der Waals surface area (Å²) in [5.74, 6) is -1.71. The Labute approximate surface area is 160 Å². The molecule has 26 heavy (non-hydrogen) atoms. The highest BCUT2D eigenvalue weighted by atomic mass is 32.2. The number of rotatable bonds is 4. The highest BCUT2D eigenvalue weighted by molar-refractivity contribution is 8.26. The lowest BCUT2D eigenvalue weighted by molar-refractivity contribution is -0.152. The van der Waals surface area contributed by atoms with Crippen LogP contribution in [0, 0.1) is 0 Å². The fourth-order valence-electron chi connectivity index (χ4n) is 3.05. The molecule has 0 saturated carbocycles. The lowest BCUT2D eigenvalue weighted by atomic mass is 10.0. The van der Waals surface area contributed by atoms with Crippen molar-refractivity contribution in [3.8, 4) is 0 Å². The van der Waals surface area contributed by atoms with Gasteiger partial charge in [0, 0.05) is 6.54 Å². The Morgan fingerprint density at radius 1 is 1.27 bits per heavy atom. The van der Waals surface area contributed by atoms with Crippen LogP contribution in [0.3, 0.4) is 0 Å². The predicted octanol–water partition coefficient (Wildman–Crippen LogP) is 2.35. The number of amides is 2. The Kier molecular flexibility index (Phi) is 5.73. The SMILES string of the molecule is O=C(O)C1CCCCN1C(=O)CN1C(=O)/C(=C\c2ccccc2)SC1=S. The van der Waals surface area contributed by atoms with E-state index in [-0.39, 0.29) is 18.4 Å². The van der Waals surface area contributed by atoms with E-state index >= 15 is 0 Å². The van der Waals surface area contributed by atoms with Gasteiger partial charge in [-0.25, -0.2) is 4.79 Å². The minimum Gasteiger partial charge on any atom is -0.480 e. The summed E-state index contributed by atoms with van der Waals surface area (Å²) in [5, 5.41) is 9.32. The second kappa shape index (κ2) is 8.01. The number of carboxylic acid groups (broad SMARTS) is 1. The number of carboxylic acids is 1. The van der Waals surface area contributed by atoms with E-state index < -0.39 is 12.0 Å². The van der Waals surface area contributed by atoms with Crippen LogP contribution in [-0.4, -0.2) is 56.1 Å². The standard InChI is InChI=1S/C18H18N2O4S2/c21-15(19-9-5-4-8-13(19)17(23)24)11-20-16(22)14(26-18(20)25)10-12-6-2-1-3-7-12/h1-3,6-7,10,13H,4-5,8-9,11H2,(H,23,24)/b14-10+. The van der Waals surface area contributed by atoms with E-state index in [1.54, 1.807) is 6.08 Å². The highest BCUT2D eigenvalue weighted by Crippen LogP contribution is 2.32. The summed E-state index contributed by atoms with van der Waals surface area (Å²) >= 11 is 6.41. The largest absolute Gasteiger partial charge is 0.480 e. The van der Waals surface area contributed by atoms with E-state index in [0.29, 0.717) is 22.2 Å². The smallest absolute Gasteiger partial charge is 0.326 e. The average molecular weight is 390 g/mol. The van der Waals surface area contributed by atoms with Crippen molar-refractivity contribution < 1.29 is 19.5 Å². The van der Waals surface area contributed by atoms with Gasteiger partial charge in [-0.2, -0.15) is 0 Å². The summed E-state index contributed by atoms with van der Waals surface area (Å²) in [6, 6.07) is 8.57. The zero-order chi connectivity index (χ0) is 18.7. The molecule has 1 aromatic rings. The lowest BCUT2D eigenvalue weighted by Crippen LogP contribution is -2.51. The van der Waals surface area contributed by atoms with Crippen LogP contribution in [0.2, 0.25) is 0 Å².